The summed E-state index contributed by atoms with van der Waals surface area (Å²) in [5.74, 6) is 0.0287. The van der Waals surface area contributed by atoms with Crippen LogP contribution in [0.4, 0.5) is 4.39 Å². The largest absolute Gasteiger partial charge is 0.494 e. The molecule has 1 atom stereocenters. The van der Waals surface area contributed by atoms with Crippen molar-refractivity contribution in [2.45, 2.75) is 13.0 Å². The van der Waals surface area contributed by atoms with E-state index in [2.05, 4.69) is 54.0 Å². The van der Waals surface area contributed by atoms with Gasteiger partial charge in [0, 0.05) is 25.2 Å². The molecule has 4 rings (SSSR count). The van der Waals surface area contributed by atoms with Crippen LogP contribution < -0.4 is 20.1 Å². The number of ether oxygens (including phenoxy) is 2. The molecule has 0 aromatic heterocycles. The Hall–Kier alpha value is -3.90. The normalized spacial score (nSPS) is 11.8. The van der Waals surface area contributed by atoms with E-state index in [4.69, 9.17) is 9.47 Å². The van der Waals surface area contributed by atoms with Crippen LogP contribution in [0.1, 0.15) is 28.9 Å². The predicted octanol–water partition coefficient (Wildman–Crippen LogP) is 5.74. The molecule has 0 bridgehead atoms. The number of methoxy groups -OCH3 is 1. The molecule has 0 unspecified atom stereocenters. The van der Waals surface area contributed by atoms with Crippen molar-refractivity contribution in [2.75, 3.05) is 27.3 Å². The first-order chi connectivity index (χ1) is 17.0. The van der Waals surface area contributed by atoms with Crippen molar-refractivity contribution in [1.29, 1.82) is 0 Å². The molecule has 0 saturated heterocycles. The van der Waals surface area contributed by atoms with Crippen LogP contribution in [0.2, 0.25) is 0 Å². The van der Waals surface area contributed by atoms with Gasteiger partial charge in [0.15, 0.2) is 11.6 Å². The zero-order valence-corrected chi connectivity index (χ0v) is 20.1. The number of amides is 1. The highest BCUT2D eigenvalue weighted by Crippen LogP contribution is 2.30. The smallest absolute Gasteiger partial charge is 0.251 e. The van der Waals surface area contributed by atoms with Crippen LogP contribution in [-0.4, -0.2) is 33.2 Å². The molecule has 2 N–H and O–H groups in total. The molecule has 35 heavy (non-hydrogen) atoms. The lowest BCUT2D eigenvalue weighted by molar-refractivity contribution is 0.0962. The second-order valence-electron chi connectivity index (χ2n) is 8.27. The van der Waals surface area contributed by atoms with E-state index in [0.717, 1.165) is 11.1 Å². The van der Waals surface area contributed by atoms with E-state index in [1.807, 2.05) is 12.1 Å². The molecule has 4 aromatic carbocycles. The van der Waals surface area contributed by atoms with Crippen LogP contribution in [0, 0.1) is 5.82 Å². The first-order valence-corrected chi connectivity index (χ1v) is 11.5. The van der Waals surface area contributed by atoms with Gasteiger partial charge in [-0.25, -0.2) is 4.39 Å². The molecular weight excluding hydrogens is 443 g/mol. The Balaban J connectivity index is 1.47. The summed E-state index contributed by atoms with van der Waals surface area (Å²) in [6.07, 6.45) is 0. The van der Waals surface area contributed by atoms with Crippen LogP contribution in [0.3, 0.4) is 0 Å². The topological polar surface area (TPSA) is 59.6 Å². The summed E-state index contributed by atoms with van der Waals surface area (Å²) >= 11 is 0. The van der Waals surface area contributed by atoms with E-state index >= 15 is 0 Å². The molecule has 0 heterocycles. The summed E-state index contributed by atoms with van der Waals surface area (Å²) in [6, 6.07) is 24.7. The summed E-state index contributed by atoms with van der Waals surface area (Å²) in [4.78, 5) is 12.3. The van der Waals surface area contributed by atoms with Gasteiger partial charge in [-0.15, -0.1) is 0 Å². The molecule has 0 saturated carbocycles. The molecular formula is C29H29FN2O3. The number of halogens is 1. The summed E-state index contributed by atoms with van der Waals surface area (Å²) < 4.78 is 25.0. The van der Waals surface area contributed by atoms with Crippen LogP contribution in [0.15, 0.2) is 78.9 Å². The van der Waals surface area contributed by atoms with Crippen LogP contribution in [0.25, 0.3) is 21.9 Å². The lowest BCUT2D eigenvalue weighted by atomic mass is 10.00. The van der Waals surface area contributed by atoms with Crippen molar-refractivity contribution in [3.8, 4) is 22.6 Å². The molecule has 1 amide bonds. The van der Waals surface area contributed by atoms with Gasteiger partial charge in [-0.1, -0.05) is 48.5 Å². The van der Waals surface area contributed by atoms with E-state index in [1.165, 1.54) is 29.5 Å². The molecule has 5 nitrogen and oxygen atoms in total. The first-order valence-electron chi connectivity index (χ1n) is 11.5. The summed E-state index contributed by atoms with van der Waals surface area (Å²) in [7, 11) is 3.00. The van der Waals surface area contributed by atoms with E-state index in [1.54, 1.807) is 31.3 Å². The van der Waals surface area contributed by atoms with Crippen molar-refractivity contribution in [1.82, 2.24) is 10.6 Å². The summed E-state index contributed by atoms with van der Waals surface area (Å²) in [5, 5.41) is 8.60. The van der Waals surface area contributed by atoms with E-state index in [-0.39, 0.29) is 17.7 Å². The number of hydrogen-bond donors (Lipinski definition) is 2. The quantitative estimate of drug-likeness (QED) is 0.305. The SMILES string of the molecule is CNC(=O)c1cc(OCCN[C@H](C)c2cccc3ccccc23)cc(-c2ccc(F)c(OC)c2)c1. The number of nitrogens with one attached hydrogen (secondary N) is 2. The maximum absolute atomic E-state index is 13.9. The Bertz CT molecular complexity index is 1330. The average molecular weight is 473 g/mol. The Morgan fingerprint density at radius 1 is 0.971 bits per heavy atom. The number of carbonyl (C=O) groups is 1. The molecule has 6 heteroatoms. The Morgan fingerprint density at radius 3 is 2.57 bits per heavy atom. The standard InChI is InChI=1S/C29H29FN2O3/c1-19(25-10-6-8-20-7-4-5-9-26(20)25)32-13-14-35-24-16-22(15-23(17-24)29(33)31-2)21-11-12-27(30)28(18-21)34-3/h4-12,15-19,32H,13-14H2,1-3H3,(H,31,33)/t19-/m1/s1. The third-order valence-corrected chi connectivity index (χ3v) is 5.99. The van der Waals surface area contributed by atoms with Crippen LogP contribution >= 0.6 is 0 Å². The van der Waals surface area contributed by atoms with Crippen molar-refractivity contribution in [3.05, 3.63) is 95.8 Å². The maximum Gasteiger partial charge on any atom is 0.251 e. The van der Waals surface area contributed by atoms with Crippen molar-refractivity contribution >= 4 is 16.7 Å². The van der Waals surface area contributed by atoms with Gasteiger partial charge in [-0.2, -0.15) is 0 Å². The van der Waals surface area contributed by atoms with Gasteiger partial charge in [-0.05, 0) is 64.7 Å². The minimum absolute atomic E-state index is 0.141. The average Bonchev–Trinajstić information content (AvgIpc) is 2.90. The highest BCUT2D eigenvalue weighted by atomic mass is 19.1. The lowest BCUT2D eigenvalue weighted by Crippen LogP contribution is -2.24. The van der Waals surface area contributed by atoms with Crippen molar-refractivity contribution in [2.24, 2.45) is 0 Å². The van der Waals surface area contributed by atoms with Crippen LogP contribution in [-0.2, 0) is 0 Å². The second-order valence-corrected chi connectivity index (χ2v) is 8.27. The van der Waals surface area contributed by atoms with Crippen LogP contribution in [0.5, 0.6) is 11.5 Å². The Kier molecular flexibility index (Phi) is 7.63. The molecule has 4 aromatic rings. The Labute approximate surface area is 204 Å². The van der Waals surface area contributed by atoms with E-state index in [0.29, 0.717) is 24.5 Å². The number of fused-ring (bicyclic) bond motifs is 1. The molecule has 0 spiro atoms. The first kappa shape index (κ1) is 24.2. The molecule has 0 radical (unpaired) electrons. The third-order valence-electron chi connectivity index (χ3n) is 5.99. The zero-order chi connectivity index (χ0) is 24.8. The Morgan fingerprint density at radius 2 is 1.77 bits per heavy atom. The fraction of sp³-hybridized carbons (Fsp3) is 0.207. The van der Waals surface area contributed by atoms with Gasteiger partial charge < -0.3 is 20.1 Å². The van der Waals surface area contributed by atoms with E-state index in [9.17, 15) is 9.18 Å². The van der Waals surface area contributed by atoms with Gasteiger partial charge >= 0.3 is 0 Å². The minimum atomic E-state index is -0.443. The molecule has 180 valence electrons. The molecule has 0 aliphatic carbocycles. The molecule has 0 fully saturated rings. The number of hydrogen-bond acceptors (Lipinski definition) is 4. The van der Waals surface area contributed by atoms with Crippen molar-refractivity contribution < 1.29 is 18.7 Å². The highest BCUT2D eigenvalue weighted by molar-refractivity contribution is 5.96. The fourth-order valence-electron chi connectivity index (χ4n) is 4.15. The number of benzene rings is 4. The lowest BCUT2D eigenvalue weighted by Gasteiger charge is -2.17. The molecule has 0 aliphatic rings. The maximum atomic E-state index is 13.9. The third kappa shape index (κ3) is 5.61. The van der Waals surface area contributed by atoms with Gasteiger partial charge in [0.05, 0.1) is 7.11 Å². The number of rotatable bonds is 9. The highest BCUT2D eigenvalue weighted by Gasteiger charge is 2.13. The number of carbonyl (C=O) groups excluding carboxylic acids is 1. The summed E-state index contributed by atoms with van der Waals surface area (Å²) in [6.45, 7) is 3.17. The van der Waals surface area contributed by atoms with Gasteiger partial charge in [0.1, 0.15) is 12.4 Å². The second kappa shape index (κ2) is 11.0. The summed E-state index contributed by atoms with van der Waals surface area (Å²) in [5.41, 5.74) is 3.15. The van der Waals surface area contributed by atoms with Gasteiger partial charge in [-0.3, -0.25) is 4.79 Å². The monoisotopic (exact) mass is 472 g/mol. The van der Waals surface area contributed by atoms with Gasteiger partial charge in [0.2, 0.25) is 0 Å². The molecule has 0 aliphatic heterocycles. The van der Waals surface area contributed by atoms with Gasteiger partial charge in [0.25, 0.3) is 5.91 Å². The van der Waals surface area contributed by atoms with E-state index < -0.39 is 5.82 Å². The fourth-order valence-corrected chi connectivity index (χ4v) is 4.15. The zero-order valence-electron chi connectivity index (χ0n) is 20.1. The predicted molar refractivity (Wildman–Crippen MR) is 138 cm³/mol. The van der Waals surface area contributed by atoms with Crippen molar-refractivity contribution in [3.63, 3.8) is 0 Å². The minimum Gasteiger partial charge on any atom is -0.494 e.